The summed E-state index contributed by atoms with van der Waals surface area (Å²) in [6, 6.07) is 7.82. The predicted octanol–water partition coefficient (Wildman–Crippen LogP) is 2.18. The molecular weight excluding hydrogens is 316 g/mol. The van der Waals surface area contributed by atoms with E-state index in [-0.39, 0.29) is 5.91 Å². The average molecular weight is 336 g/mol. The fraction of sp³-hybridized carbons (Fsp3) is 0.389. The van der Waals surface area contributed by atoms with Gasteiger partial charge in [-0.25, -0.2) is 4.98 Å². The molecule has 0 radical (unpaired) electrons. The van der Waals surface area contributed by atoms with Gasteiger partial charge in [0, 0.05) is 31.7 Å². The van der Waals surface area contributed by atoms with E-state index in [0.717, 1.165) is 6.42 Å². The van der Waals surface area contributed by atoms with Gasteiger partial charge in [-0.05, 0) is 43.0 Å². The average Bonchev–Trinajstić information content (AvgIpc) is 3.00. The van der Waals surface area contributed by atoms with Crippen LogP contribution in [-0.2, 0) is 11.2 Å². The van der Waals surface area contributed by atoms with Crippen LogP contribution in [0, 0.1) is 16.7 Å². The van der Waals surface area contributed by atoms with Crippen molar-refractivity contribution in [2.45, 2.75) is 26.2 Å². The van der Waals surface area contributed by atoms with Crippen LogP contribution in [0.4, 0.5) is 11.8 Å². The Hall–Kier alpha value is -3.01. The van der Waals surface area contributed by atoms with Crippen molar-refractivity contribution in [3.63, 3.8) is 0 Å². The molecule has 1 atom stereocenters. The van der Waals surface area contributed by atoms with Crippen molar-refractivity contribution in [1.82, 2.24) is 15.0 Å². The third-order valence-corrected chi connectivity index (χ3v) is 4.60. The molecule has 1 aliphatic rings. The van der Waals surface area contributed by atoms with Crippen LogP contribution in [0.2, 0.25) is 0 Å². The third-order valence-electron chi connectivity index (χ3n) is 4.60. The van der Waals surface area contributed by atoms with E-state index in [1.54, 1.807) is 29.6 Å². The number of carbonyl (C=O) groups is 1. The lowest BCUT2D eigenvalue weighted by Crippen LogP contribution is -2.33. The maximum Gasteiger partial charge on any atom is 0.248 e. The van der Waals surface area contributed by atoms with Crippen LogP contribution in [0.1, 0.15) is 25.3 Å². The van der Waals surface area contributed by atoms with Crippen LogP contribution >= 0.6 is 0 Å². The number of hydrogen-bond donors (Lipinski definition) is 1. The molecule has 0 aliphatic carbocycles. The summed E-state index contributed by atoms with van der Waals surface area (Å²) in [5.41, 5.74) is 0.259. The molecule has 7 heteroatoms. The van der Waals surface area contributed by atoms with E-state index in [1.807, 2.05) is 19.1 Å². The van der Waals surface area contributed by atoms with Crippen LogP contribution in [0.15, 0.2) is 36.8 Å². The molecule has 1 N–H and O–H groups in total. The summed E-state index contributed by atoms with van der Waals surface area (Å²) in [5, 5.41) is 12.6. The minimum atomic E-state index is -0.917. The largest absolute Gasteiger partial charge is 0.354 e. The molecule has 0 spiro atoms. The molecular formula is C18H20N6O. The second-order valence-electron chi connectivity index (χ2n) is 6.02. The molecule has 2 aromatic rings. The fourth-order valence-corrected chi connectivity index (χ4v) is 2.95. The number of nitrogens with one attached hydrogen (secondary N) is 1. The number of hydrogen-bond acceptors (Lipinski definition) is 6. The summed E-state index contributed by atoms with van der Waals surface area (Å²) in [4.78, 5) is 26.8. The Labute approximate surface area is 146 Å². The van der Waals surface area contributed by atoms with Crippen LogP contribution in [0.3, 0.4) is 0 Å². The normalized spacial score (nSPS) is 19.7. The zero-order valence-electron chi connectivity index (χ0n) is 14.1. The summed E-state index contributed by atoms with van der Waals surface area (Å²) in [7, 11) is 0. The summed E-state index contributed by atoms with van der Waals surface area (Å²) in [6.45, 7) is 3.06. The quantitative estimate of drug-likeness (QED) is 0.869. The van der Waals surface area contributed by atoms with Crippen LogP contribution in [0.5, 0.6) is 0 Å². The van der Waals surface area contributed by atoms with E-state index in [2.05, 4.69) is 26.3 Å². The van der Waals surface area contributed by atoms with Gasteiger partial charge in [0.25, 0.3) is 0 Å². The second kappa shape index (κ2) is 7.26. The van der Waals surface area contributed by atoms with Crippen molar-refractivity contribution in [3.05, 3.63) is 42.4 Å². The van der Waals surface area contributed by atoms with Gasteiger partial charge < -0.3 is 5.32 Å². The van der Waals surface area contributed by atoms with Crippen molar-refractivity contribution in [2.75, 3.05) is 23.3 Å². The van der Waals surface area contributed by atoms with Crippen molar-refractivity contribution in [2.24, 2.45) is 5.41 Å². The van der Waals surface area contributed by atoms with E-state index >= 15 is 0 Å². The van der Waals surface area contributed by atoms with E-state index in [0.29, 0.717) is 37.7 Å². The summed E-state index contributed by atoms with van der Waals surface area (Å²) in [6.07, 6.45) is 7.03. The lowest BCUT2D eigenvalue weighted by Gasteiger charge is -2.19. The first kappa shape index (κ1) is 16.8. The molecule has 3 heterocycles. The topological polar surface area (TPSA) is 94.8 Å². The molecule has 2 aromatic heterocycles. The molecule has 7 nitrogen and oxygen atoms in total. The first-order valence-electron chi connectivity index (χ1n) is 8.37. The predicted molar refractivity (Wildman–Crippen MR) is 93.8 cm³/mol. The standard InChI is InChI=1S/C18H20N6O/c1-2-18(13-19)7-12-24(16(18)25)15-6-11-22-17(23-15)21-10-5-14-3-8-20-9-4-14/h3-4,6,8-9,11H,2,5,7,10,12H2,1H3,(H,21,22,23). The van der Waals surface area contributed by atoms with Gasteiger partial charge in [0.15, 0.2) is 0 Å². The number of pyridine rings is 1. The van der Waals surface area contributed by atoms with Crippen molar-refractivity contribution >= 4 is 17.7 Å². The van der Waals surface area contributed by atoms with Gasteiger partial charge in [-0.2, -0.15) is 10.2 Å². The Morgan fingerprint density at radius 2 is 2.12 bits per heavy atom. The number of nitriles is 1. The maximum absolute atomic E-state index is 12.6. The van der Waals surface area contributed by atoms with E-state index in [1.165, 1.54) is 5.56 Å². The van der Waals surface area contributed by atoms with Gasteiger partial charge in [-0.15, -0.1) is 0 Å². The Bertz CT molecular complexity index is 788. The Morgan fingerprint density at radius 3 is 2.80 bits per heavy atom. The lowest BCUT2D eigenvalue weighted by atomic mass is 9.85. The summed E-state index contributed by atoms with van der Waals surface area (Å²) < 4.78 is 0. The van der Waals surface area contributed by atoms with Gasteiger partial charge in [0.2, 0.25) is 11.9 Å². The third kappa shape index (κ3) is 3.43. The van der Waals surface area contributed by atoms with Gasteiger partial charge in [0.05, 0.1) is 6.07 Å². The number of nitrogens with zero attached hydrogens (tertiary/aromatic N) is 5. The van der Waals surface area contributed by atoms with E-state index in [4.69, 9.17) is 0 Å². The SMILES string of the molecule is CCC1(C#N)CCN(c2ccnc(NCCc3ccncc3)n2)C1=O. The zero-order chi connectivity index (χ0) is 17.7. The fourth-order valence-electron chi connectivity index (χ4n) is 2.95. The van der Waals surface area contributed by atoms with Crippen molar-refractivity contribution < 1.29 is 4.79 Å². The number of aromatic nitrogens is 3. The Balaban J connectivity index is 1.66. The van der Waals surface area contributed by atoms with Crippen LogP contribution < -0.4 is 10.2 Å². The maximum atomic E-state index is 12.6. The Kier molecular flexibility index (Phi) is 4.89. The lowest BCUT2D eigenvalue weighted by molar-refractivity contribution is -0.123. The van der Waals surface area contributed by atoms with Gasteiger partial charge in [-0.1, -0.05) is 6.92 Å². The molecule has 0 bridgehead atoms. The highest BCUT2D eigenvalue weighted by atomic mass is 16.2. The van der Waals surface area contributed by atoms with Crippen LogP contribution in [-0.4, -0.2) is 33.9 Å². The highest BCUT2D eigenvalue weighted by molar-refractivity contribution is 6.01. The molecule has 1 fully saturated rings. The van der Waals surface area contributed by atoms with Crippen LogP contribution in [0.25, 0.3) is 0 Å². The summed E-state index contributed by atoms with van der Waals surface area (Å²) >= 11 is 0. The van der Waals surface area contributed by atoms with Gasteiger partial charge in [0.1, 0.15) is 11.2 Å². The van der Waals surface area contributed by atoms with E-state index in [9.17, 15) is 10.1 Å². The molecule has 0 saturated carbocycles. The van der Waals surface area contributed by atoms with Gasteiger partial charge in [-0.3, -0.25) is 14.7 Å². The zero-order valence-corrected chi connectivity index (χ0v) is 14.1. The van der Waals surface area contributed by atoms with Crippen molar-refractivity contribution in [1.29, 1.82) is 5.26 Å². The molecule has 1 unspecified atom stereocenters. The molecule has 128 valence electrons. The molecule has 0 aromatic carbocycles. The highest BCUT2D eigenvalue weighted by Gasteiger charge is 2.46. The highest BCUT2D eigenvalue weighted by Crippen LogP contribution is 2.36. The summed E-state index contributed by atoms with van der Waals surface area (Å²) in [5.74, 6) is 0.848. The molecule has 25 heavy (non-hydrogen) atoms. The molecule has 1 amide bonds. The number of anilines is 2. The number of amides is 1. The second-order valence-corrected chi connectivity index (χ2v) is 6.02. The molecule has 3 rings (SSSR count). The van der Waals surface area contributed by atoms with Crippen molar-refractivity contribution in [3.8, 4) is 6.07 Å². The first-order chi connectivity index (χ1) is 12.2. The smallest absolute Gasteiger partial charge is 0.248 e. The minimum Gasteiger partial charge on any atom is -0.354 e. The first-order valence-corrected chi connectivity index (χ1v) is 8.37. The monoisotopic (exact) mass is 336 g/mol. The Morgan fingerprint density at radius 1 is 1.32 bits per heavy atom. The minimum absolute atomic E-state index is 0.168. The van der Waals surface area contributed by atoms with E-state index < -0.39 is 5.41 Å². The number of carbonyl (C=O) groups excluding carboxylic acids is 1. The molecule has 1 saturated heterocycles. The van der Waals surface area contributed by atoms with Gasteiger partial charge >= 0.3 is 0 Å². The number of rotatable bonds is 6. The molecule has 1 aliphatic heterocycles.